The number of aromatic nitrogens is 3. The van der Waals surface area contributed by atoms with E-state index in [0.29, 0.717) is 22.1 Å². The summed E-state index contributed by atoms with van der Waals surface area (Å²) < 4.78 is 6.78. The molecule has 1 aromatic carbocycles. The predicted octanol–water partition coefficient (Wildman–Crippen LogP) is 4.00. The minimum Gasteiger partial charge on any atom is -0.465 e. The van der Waals surface area contributed by atoms with Crippen molar-refractivity contribution in [3.8, 4) is 11.4 Å². The van der Waals surface area contributed by atoms with Gasteiger partial charge in [-0.2, -0.15) is 0 Å². The van der Waals surface area contributed by atoms with E-state index in [1.807, 2.05) is 68.7 Å². The van der Waals surface area contributed by atoms with Crippen LogP contribution in [0.4, 0.5) is 10.7 Å². The number of carbonyl (C=O) groups excluding carboxylic acids is 2. The summed E-state index contributed by atoms with van der Waals surface area (Å²) in [5, 5.41) is 12.5. The van der Waals surface area contributed by atoms with Gasteiger partial charge in [-0.15, -0.1) is 21.5 Å². The Morgan fingerprint density at radius 3 is 2.50 bits per heavy atom. The number of nitrogens with one attached hydrogen (secondary N) is 1. The molecule has 0 bridgehead atoms. The van der Waals surface area contributed by atoms with E-state index in [1.165, 1.54) is 30.2 Å². The molecule has 32 heavy (non-hydrogen) atoms. The molecule has 0 saturated carbocycles. The Morgan fingerprint density at radius 2 is 1.91 bits per heavy atom. The molecule has 0 aliphatic heterocycles. The van der Waals surface area contributed by atoms with E-state index in [4.69, 9.17) is 4.74 Å². The molecule has 0 saturated heterocycles. The molecule has 2 heterocycles. The molecule has 3 rings (SSSR count). The van der Waals surface area contributed by atoms with Gasteiger partial charge >= 0.3 is 5.97 Å². The van der Waals surface area contributed by atoms with Crippen LogP contribution in [0.25, 0.3) is 11.4 Å². The highest BCUT2D eigenvalue weighted by Crippen LogP contribution is 2.34. The summed E-state index contributed by atoms with van der Waals surface area (Å²) in [5.74, 6) is 0.217. The van der Waals surface area contributed by atoms with E-state index in [9.17, 15) is 9.59 Å². The van der Waals surface area contributed by atoms with E-state index < -0.39 is 5.97 Å². The number of carbonyl (C=O) groups is 2. The van der Waals surface area contributed by atoms with Crippen molar-refractivity contribution in [3.05, 3.63) is 40.3 Å². The highest BCUT2D eigenvalue weighted by Gasteiger charge is 2.23. The smallest absolute Gasteiger partial charge is 0.341 e. The fourth-order valence-corrected chi connectivity index (χ4v) is 5.16. The van der Waals surface area contributed by atoms with Crippen molar-refractivity contribution in [1.29, 1.82) is 0 Å². The lowest BCUT2D eigenvalue weighted by molar-refractivity contribution is -0.113. The molecular weight excluding hydrogens is 446 g/mol. The summed E-state index contributed by atoms with van der Waals surface area (Å²) >= 11 is 2.68. The molecule has 170 valence electrons. The van der Waals surface area contributed by atoms with Crippen LogP contribution in [0, 0.1) is 6.92 Å². The zero-order chi connectivity index (χ0) is 23.4. The standard InChI is InChI=1S/C22H27N5O3S2/c1-7-16-13(2)32-20(18(16)21(29)30-6)23-17(28)12-31-22-25-24-19(27(22)5)14-8-10-15(11-9-14)26(3)4/h8-11H,7,12H2,1-6H3,(H,23,28). The van der Waals surface area contributed by atoms with Crippen molar-refractivity contribution < 1.29 is 14.3 Å². The molecule has 0 unspecified atom stereocenters. The lowest BCUT2D eigenvalue weighted by Crippen LogP contribution is -2.16. The van der Waals surface area contributed by atoms with Crippen LogP contribution in [-0.2, 0) is 23.0 Å². The summed E-state index contributed by atoms with van der Waals surface area (Å²) in [6, 6.07) is 8.05. The van der Waals surface area contributed by atoms with Gasteiger partial charge in [0.2, 0.25) is 5.91 Å². The summed E-state index contributed by atoms with van der Waals surface area (Å²) in [6.45, 7) is 3.91. The van der Waals surface area contributed by atoms with Crippen LogP contribution < -0.4 is 10.2 Å². The first-order valence-corrected chi connectivity index (χ1v) is 11.9. The second kappa shape index (κ2) is 10.2. The first-order chi connectivity index (χ1) is 15.3. The number of thioether (sulfide) groups is 1. The molecule has 1 N–H and O–H groups in total. The van der Waals surface area contributed by atoms with Gasteiger partial charge in [0.05, 0.1) is 18.4 Å². The van der Waals surface area contributed by atoms with Crippen molar-refractivity contribution in [1.82, 2.24) is 14.8 Å². The molecule has 0 atom stereocenters. The lowest BCUT2D eigenvalue weighted by atomic mass is 10.1. The maximum Gasteiger partial charge on any atom is 0.341 e. The number of ether oxygens (including phenoxy) is 1. The van der Waals surface area contributed by atoms with Crippen LogP contribution in [0.15, 0.2) is 29.4 Å². The summed E-state index contributed by atoms with van der Waals surface area (Å²) in [6.07, 6.45) is 0.689. The Morgan fingerprint density at radius 1 is 1.22 bits per heavy atom. The minimum absolute atomic E-state index is 0.143. The second-order valence-electron chi connectivity index (χ2n) is 7.33. The molecule has 0 aliphatic carbocycles. The van der Waals surface area contributed by atoms with E-state index in [0.717, 1.165) is 27.5 Å². The van der Waals surface area contributed by atoms with Crippen LogP contribution in [0.3, 0.4) is 0 Å². The Bertz CT molecular complexity index is 1120. The zero-order valence-electron chi connectivity index (χ0n) is 19.1. The number of benzene rings is 1. The van der Waals surface area contributed by atoms with Gasteiger partial charge in [0.25, 0.3) is 0 Å². The van der Waals surface area contributed by atoms with Crippen LogP contribution in [0.1, 0.15) is 27.7 Å². The number of aryl methyl sites for hydroxylation is 1. The molecular formula is C22H27N5O3S2. The molecule has 1 amide bonds. The van der Waals surface area contributed by atoms with Gasteiger partial charge in [0.15, 0.2) is 11.0 Å². The van der Waals surface area contributed by atoms with Gasteiger partial charge in [-0.3, -0.25) is 4.79 Å². The maximum absolute atomic E-state index is 12.6. The molecule has 3 aromatic rings. The van der Waals surface area contributed by atoms with Crippen LogP contribution in [-0.4, -0.2) is 53.6 Å². The number of hydrogen-bond acceptors (Lipinski definition) is 8. The van der Waals surface area contributed by atoms with Crippen molar-refractivity contribution >= 4 is 45.7 Å². The largest absolute Gasteiger partial charge is 0.465 e. The van der Waals surface area contributed by atoms with E-state index >= 15 is 0 Å². The van der Waals surface area contributed by atoms with E-state index in [2.05, 4.69) is 15.5 Å². The normalized spacial score (nSPS) is 10.8. The number of hydrogen-bond donors (Lipinski definition) is 1. The van der Waals surface area contributed by atoms with Crippen LogP contribution in [0.2, 0.25) is 0 Å². The monoisotopic (exact) mass is 473 g/mol. The topological polar surface area (TPSA) is 89.4 Å². The van der Waals surface area contributed by atoms with Crippen molar-refractivity contribution in [2.75, 3.05) is 37.2 Å². The van der Waals surface area contributed by atoms with Crippen LogP contribution >= 0.6 is 23.1 Å². The minimum atomic E-state index is -0.438. The number of anilines is 2. The fraction of sp³-hybridized carbons (Fsp3) is 0.364. The van der Waals surface area contributed by atoms with Gasteiger partial charge in [-0.1, -0.05) is 18.7 Å². The zero-order valence-corrected chi connectivity index (χ0v) is 20.7. The number of nitrogens with zero attached hydrogens (tertiary/aromatic N) is 4. The van der Waals surface area contributed by atoms with Gasteiger partial charge in [0.1, 0.15) is 5.00 Å². The first kappa shape index (κ1) is 23.8. The third-order valence-electron chi connectivity index (χ3n) is 5.01. The average molecular weight is 474 g/mol. The molecule has 0 spiro atoms. The molecule has 10 heteroatoms. The molecule has 0 aliphatic rings. The second-order valence-corrected chi connectivity index (χ2v) is 9.50. The molecule has 2 aromatic heterocycles. The van der Waals surface area contributed by atoms with Crippen LogP contribution in [0.5, 0.6) is 0 Å². The lowest BCUT2D eigenvalue weighted by Gasteiger charge is -2.12. The fourth-order valence-electron chi connectivity index (χ4n) is 3.30. The average Bonchev–Trinajstić information content (AvgIpc) is 3.30. The van der Waals surface area contributed by atoms with Gasteiger partial charge in [-0.25, -0.2) is 4.79 Å². The molecule has 0 radical (unpaired) electrons. The highest BCUT2D eigenvalue weighted by atomic mass is 32.2. The quantitative estimate of drug-likeness (QED) is 0.391. The number of amides is 1. The van der Waals surface area contributed by atoms with Crippen molar-refractivity contribution in [2.24, 2.45) is 7.05 Å². The first-order valence-electron chi connectivity index (χ1n) is 10.1. The predicted molar refractivity (Wildman–Crippen MR) is 130 cm³/mol. The van der Waals surface area contributed by atoms with Gasteiger partial charge in [-0.05, 0) is 43.2 Å². The van der Waals surface area contributed by atoms with Crippen molar-refractivity contribution in [3.63, 3.8) is 0 Å². The summed E-state index contributed by atoms with van der Waals surface area (Å²) in [4.78, 5) is 27.9. The van der Waals surface area contributed by atoms with Crippen molar-refractivity contribution in [2.45, 2.75) is 25.4 Å². The number of thiophene rings is 1. The number of rotatable bonds is 8. The summed E-state index contributed by atoms with van der Waals surface area (Å²) in [5.41, 5.74) is 3.40. The number of methoxy groups -OCH3 is 1. The SMILES string of the molecule is CCc1c(C)sc(NC(=O)CSc2nnc(-c3ccc(N(C)C)cc3)n2C)c1C(=O)OC. The maximum atomic E-state index is 12.6. The summed E-state index contributed by atoms with van der Waals surface area (Å²) in [7, 11) is 7.20. The van der Waals surface area contributed by atoms with Gasteiger partial charge < -0.3 is 19.5 Å². The Hall–Kier alpha value is -2.85. The van der Waals surface area contributed by atoms with Gasteiger partial charge in [0, 0.05) is 37.3 Å². The Kier molecular flexibility index (Phi) is 7.57. The third-order valence-corrected chi connectivity index (χ3v) is 7.10. The van der Waals surface area contributed by atoms with E-state index in [1.54, 1.807) is 0 Å². The highest BCUT2D eigenvalue weighted by molar-refractivity contribution is 7.99. The third kappa shape index (κ3) is 4.97. The molecule has 8 nitrogen and oxygen atoms in total. The number of esters is 1. The molecule has 0 fully saturated rings. The Balaban J connectivity index is 1.69. The van der Waals surface area contributed by atoms with E-state index in [-0.39, 0.29) is 11.7 Å². The Labute approximate surface area is 196 Å².